The van der Waals surface area contributed by atoms with E-state index in [-0.39, 0.29) is 6.42 Å². The number of carbonyl (C=O) groups excluding carboxylic acids is 1. The summed E-state index contributed by atoms with van der Waals surface area (Å²) in [4.78, 5) is 20.8. The Morgan fingerprint density at radius 1 is 1.54 bits per heavy atom. The van der Waals surface area contributed by atoms with Crippen LogP contribution in [0.5, 0.6) is 0 Å². The second kappa shape index (κ2) is 4.97. The van der Waals surface area contributed by atoms with E-state index in [9.17, 15) is 9.59 Å². The number of rotatable bonds is 5. The number of nitrogens with one attached hydrogen (secondary N) is 1. The maximum atomic E-state index is 10.7. The summed E-state index contributed by atoms with van der Waals surface area (Å²) in [6, 6.07) is -0.401. The fourth-order valence-corrected chi connectivity index (χ4v) is 1.71. The van der Waals surface area contributed by atoms with Crippen molar-refractivity contribution in [2.45, 2.75) is 44.2 Å². The van der Waals surface area contributed by atoms with Crippen molar-refractivity contribution >= 4 is 12.3 Å². The van der Waals surface area contributed by atoms with E-state index in [2.05, 4.69) is 5.32 Å². The van der Waals surface area contributed by atoms with Crippen molar-refractivity contribution in [3.8, 4) is 0 Å². The minimum Gasteiger partial charge on any atom is -0.480 e. The number of hydrogen-bond donors (Lipinski definition) is 2. The van der Waals surface area contributed by atoms with Gasteiger partial charge in [-0.05, 0) is 12.8 Å². The van der Waals surface area contributed by atoms with Crippen LogP contribution < -0.4 is 5.32 Å². The molecular formula is C9H15NO3. The number of hydrogen-bond acceptors (Lipinski definition) is 3. The Balaban J connectivity index is 2.36. The number of aliphatic carboxylic acids is 1. The van der Waals surface area contributed by atoms with Gasteiger partial charge in [0.1, 0.15) is 12.3 Å². The average molecular weight is 185 g/mol. The Morgan fingerprint density at radius 2 is 2.15 bits per heavy atom. The van der Waals surface area contributed by atoms with Gasteiger partial charge in [0.15, 0.2) is 0 Å². The molecule has 1 aliphatic carbocycles. The molecule has 0 amide bonds. The Labute approximate surface area is 77.3 Å². The molecular weight excluding hydrogens is 170 g/mol. The van der Waals surface area contributed by atoms with E-state index in [1.165, 1.54) is 0 Å². The van der Waals surface area contributed by atoms with Gasteiger partial charge in [-0.25, -0.2) is 0 Å². The fourth-order valence-electron chi connectivity index (χ4n) is 1.71. The molecule has 0 saturated heterocycles. The summed E-state index contributed by atoms with van der Waals surface area (Å²) in [5.74, 6) is -0.931. The van der Waals surface area contributed by atoms with Gasteiger partial charge in [0.25, 0.3) is 0 Å². The predicted molar refractivity (Wildman–Crippen MR) is 47.5 cm³/mol. The van der Waals surface area contributed by atoms with Crippen molar-refractivity contribution in [3.05, 3.63) is 0 Å². The van der Waals surface area contributed by atoms with E-state index in [1.807, 2.05) is 0 Å². The first-order valence-corrected chi connectivity index (χ1v) is 4.66. The van der Waals surface area contributed by atoms with Crippen LogP contribution in [-0.4, -0.2) is 29.4 Å². The molecule has 4 nitrogen and oxygen atoms in total. The van der Waals surface area contributed by atoms with Crippen molar-refractivity contribution in [3.63, 3.8) is 0 Å². The standard InChI is InChI=1S/C9H15NO3/c11-6-5-8(9(12)13)10-7-3-1-2-4-7/h6-8,10H,1-5H2,(H,12,13). The zero-order valence-electron chi connectivity index (χ0n) is 7.53. The SMILES string of the molecule is O=CCC(NC1CCCC1)C(=O)O. The maximum Gasteiger partial charge on any atom is 0.321 e. The highest BCUT2D eigenvalue weighted by Gasteiger charge is 2.22. The van der Waals surface area contributed by atoms with Crippen molar-refractivity contribution in [2.24, 2.45) is 0 Å². The number of carboxylic acid groups (broad SMARTS) is 1. The average Bonchev–Trinajstić information content (AvgIpc) is 2.56. The van der Waals surface area contributed by atoms with Crippen LogP contribution in [0.25, 0.3) is 0 Å². The van der Waals surface area contributed by atoms with Gasteiger partial charge in [-0.2, -0.15) is 0 Å². The zero-order valence-corrected chi connectivity index (χ0v) is 7.53. The lowest BCUT2D eigenvalue weighted by Crippen LogP contribution is -2.42. The molecule has 0 radical (unpaired) electrons. The molecule has 1 rings (SSSR count). The molecule has 0 spiro atoms. The summed E-state index contributed by atoms with van der Waals surface area (Å²) >= 11 is 0. The molecule has 2 N–H and O–H groups in total. The summed E-state index contributed by atoms with van der Waals surface area (Å²) in [5, 5.41) is 11.7. The van der Waals surface area contributed by atoms with E-state index >= 15 is 0 Å². The number of carboxylic acids is 1. The largest absolute Gasteiger partial charge is 0.480 e. The van der Waals surface area contributed by atoms with Crippen LogP contribution in [0.4, 0.5) is 0 Å². The molecule has 13 heavy (non-hydrogen) atoms. The first-order valence-electron chi connectivity index (χ1n) is 4.66. The van der Waals surface area contributed by atoms with E-state index in [1.54, 1.807) is 0 Å². The van der Waals surface area contributed by atoms with E-state index in [0.717, 1.165) is 25.7 Å². The molecule has 1 saturated carbocycles. The Morgan fingerprint density at radius 3 is 2.62 bits per heavy atom. The van der Waals surface area contributed by atoms with Crippen molar-refractivity contribution in [1.29, 1.82) is 0 Å². The third-order valence-electron chi connectivity index (χ3n) is 2.42. The smallest absolute Gasteiger partial charge is 0.321 e. The number of aldehydes is 1. The Kier molecular flexibility index (Phi) is 3.89. The highest BCUT2D eigenvalue weighted by Crippen LogP contribution is 2.18. The van der Waals surface area contributed by atoms with Gasteiger partial charge in [-0.3, -0.25) is 4.79 Å². The van der Waals surface area contributed by atoms with Gasteiger partial charge in [0, 0.05) is 12.5 Å². The summed E-state index contributed by atoms with van der Waals surface area (Å²) < 4.78 is 0. The topological polar surface area (TPSA) is 66.4 Å². The summed E-state index contributed by atoms with van der Waals surface area (Å²) in [5.41, 5.74) is 0. The molecule has 0 aromatic rings. The second-order valence-corrected chi connectivity index (χ2v) is 3.44. The lowest BCUT2D eigenvalue weighted by molar-refractivity contribution is -0.140. The molecule has 0 aromatic heterocycles. The molecule has 0 bridgehead atoms. The first-order chi connectivity index (χ1) is 6.24. The van der Waals surface area contributed by atoms with Crippen LogP contribution in [0.15, 0.2) is 0 Å². The Bertz CT molecular complexity index is 187. The third kappa shape index (κ3) is 3.14. The summed E-state index contributed by atoms with van der Waals surface area (Å²) in [7, 11) is 0. The van der Waals surface area contributed by atoms with Crippen molar-refractivity contribution in [1.82, 2.24) is 5.32 Å². The summed E-state index contributed by atoms with van der Waals surface area (Å²) in [6.45, 7) is 0. The minimum absolute atomic E-state index is 0.0613. The van der Waals surface area contributed by atoms with Crippen LogP contribution in [0, 0.1) is 0 Å². The van der Waals surface area contributed by atoms with Crippen LogP contribution in [0.1, 0.15) is 32.1 Å². The van der Waals surface area contributed by atoms with Crippen LogP contribution in [-0.2, 0) is 9.59 Å². The molecule has 1 fully saturated rings. The monoisotopic (exact) mass is 185 g/mol. The van der Waals surface area contributed by atoms with Gasteiger partial charge < -0.3 is 15.2 Å². The van der Waals surface area contributed by atoms with Gasteiger partial charge in [0.05, 0.1) is 0 Å². The highest BCUT2D eigenvalue weighted by atomic mass is 16.4. The zero-order chi connectivity index (χ0) is 9.68. The molecule has 1 unspecified atom stereocenters. The predicted octanol–water partition coefficient (Wildman–Crippen LogP) is 0.561. The molecule has 0 heterocycles. The van der Waals surface area contributed by atoms with Crippen LogP contribution in [0.2, 0.25) is 0 Å². The Hall–Kier alpha value is -0.900. The van der Waals surface area contributed by atoms with Gasteiger partial charge in [0.2, 0.25) is 0 Å². The quantitative estimate of drug-likeness (QED) is 0.614. The van der Waals surface area contributed by atoms with E-state index < -0.39 is 12.0 Å². The lowest BCUT2D eigenvalue weighted by atomic mass is 10.1. The van der Waals surface area contributed by atoms with Crippen molar-refractivity contribution < 1.29 is 14.7 Å². The van der Waals surface area contributed by atoms with Crippen LogP contribution in [0.3, 0.4) is 0 Å². The minimum atomic E-state index is -0.931. The number of carbonyl (C=O) groups is 2. The van der Waals surface area contributed by atoms with Crippen molar-refractivity contribution in [2.75, 3.05) is 0 Å². The first kappa shape index (κ1) is 10.2. The molecule has 74 valence electrons. The van der Waals surface area contributed by atoms with Gasteiger partial charge >= 0.3 is 5.97 Å². The molecule has 4 heteroatoms. The third-order valence-corrected chi connectivity index (χ3v) is 2.42. The van der Waals surface area contributed by atoms with E-state index in [0.29, 0.717) is 12.3 Å². The molecule has 0 aliphatic heterocycles. The second-order valence-electron chi connectivity index (χ2n) is 3.44. The molecule has 1 aliphatic rings. The normalized spacial score (nSPS) is 20.0. The molecule has 1 atom stereocenters. The molecule has 0 aromatic carbocycles. The van der Waals surface area contributed by atoms with E-state index in [4.69, 9.17) is 5.11 Å². The summed E-state index contributed by atoms with van der Waals surface area (Å²) in [6.07, 6.45) is 5.09. The highest BCUT2D eigenvalue weighted by molar-refractivity contribution is 5.76. The maximum absolute atomic E-state index is 10.7. The van der Waals surface area contributed by atoms with Crippen LogP contribution >= 0.6 is 0 Å². The lowest BCUT2D eigenvalue weighted by Gasteiger charge is -2.16. The fraction of sp³-hybridized carbons (Fsp3) is 0.778. The van der Waals surface area contributed by atoms with Gasteiger partial charge in [-0.15, -0.1) is 0 Å². The van der Waals surface area contributed by atoms with Gasteiger partial charge in [-0.1, -0.05) is 12.8 Å².